The summed E-state index contributed by atoms with van der Waals surface area (Å²) in [6, 6.07) is 1.66. The first-order valence-corrected chi connectivity index (χ1v) is 13.4. The number of unbranched alkanes of at least 4 members (excludes halogenated alkanes) is 2. The number of aryl methyl sites for hydroxylation is 1. The lowest BCUT2D eigenvalue weighted by Gasteiger charge is -2.32. The van der Waals surface area contributed by atoms with E-state index in [0.29, 0.717) is 17.5 Å². The monoisotopic (exact) mass is 494 g/mol. The Morgan fingerprint density at radius 3 is 2.53 bits per heavy atom. The summed E-state index contributed by atoms with van der Waals surface area (Å²) in [6.45, 7) is 16.7. The Morgan fingerprint density at radius 2 is 1.89 bits per heavy atom. The second-order valence-electron chi connectivity index (χ2n) is 10.6. The van der Waals surface area contributed by atoms with E-state index in [2.05, 4.69) is 46.4 Å². The molecule has 0 aromatic heterocycles. The van der Waals surface area contributed by atoms with Crippen LogP contribution < -0.4 is 0 Å². The van der Waals surface area contributed by atoms with E-state index < -0.39 is 5.97 Å². The third-order valence-electron chi connectivity index (χ3n) is 7.10. The van der Waals surface area contributed by atoms with Gasteiger partial charge in [-0.15, -0.1) is 0 Å². The molecule has 0 saturated carbocycles. The average molecular weight is 495 g/mol. The average Bonchev–Trinajstić information content (AvgIpc) is 2.78. The molecule has 0 unspecified atom stereocenters. The van der Waals surface area contributed by atoms with E-state index in [1.165, 1.54) is 11.1 Å². The van der Waals surface area contributed by atoms with Crippen LogP contribution in [0.5, 0.6) is 11.5 Å². The topological polar surface area (TPSA) is 66.8 Å². The number of hydrogen-bond donors (Lipinski definition) is 2. The molecule has 0 bridgehead atoms. The standard InChI is InChI=1S/C32H46O4/c1-8-9-10-14-25-20-28(33)30(27-19-24(7)15-16-26(27)22(4)5)31(34)29(25)32(35)36-18-17-23(6)13-11-12-21(2)3/h12,17,19-20,26-27,33-34H,4,8-11,13-16,18H2,1-3,5-7H3/b23-17+/t26-,27+/m0/s1. The molecule has 0 saturated heterocycles. The number of hydrogen-bond acceptors (Lipinski definition) is 4. The minimum Gasteiger partial charge on any atom is -0.507 e. The fourth-order valence-corrected chi connectivity index (χ4v) is 4.97. The number of carbonyl (C=O) groups excluding carboxylic acids is 1. The quantitative estimate of drug-likeness (QED) is 0.173. The van der Waals surface area contributed by atoms with Crippen LogP contribution >= 0.6 is 0 Å². The third kappa shape index (κ3) is 8.15. The van der Waals surface area contributed by atoms with Crippen LogP contribution in [0.4, 0.5) is 0 Å². The summed E-state index contributed by atoms with van der Waals surface area (Å²) in [5, 5.41) is 22.5. The van der Waals surface area contributed by atoms with Gasteiger partial charge in [-0.05, 0) is 96.8 Å². The summed E-state index contributed by atoms with van der Waals surface area (Å²) in [4.78, 5) is 13.3. The van der Waals surface area contributed by atoms with Crippen LogP contribution in [0, 0.1) is 5.92 Å². The van der Waals surface area contributed by atoms with Crippen LogP contribution in [-0.2, 0) is 11.2 Å². The Bertz CT molecular complexity index is 1020. The van der Waals surface area contributed by atoms with Crippen LogP contribution in [0.3, 0.4) is 0 Å². The molecule has 1 aliphatic rings. The molecule has 0 radical (unpaired) electrons. The molecular weight excluding hydrogens is 448 g/mol. The van der Waals surface area contributed by atoms with Crippen LogP contribution in [0.2, 0.25) is 0 Å². The van der Waals surface area contributed by atoms with E-state index in [4.69, 9.17) is 4.74 Å². The number of phenols is 2. The van der Waals surface area contributed by atoms with Crippen molar-refractivity contribution in [2.24, 2.45) is 5.92 Å². The molecule has 0 aliphatic heterocycles. The Kier molecular flexibility index (Phi) is 11.6. The number of carbonyl (C=O) groups is 1. The highest BCUT2D eigenvalue weighted by atomic mass is 16.5. The highest BCUT2D eigenvalue weighted by Gasteiger charge is 2.33. The van der Waals surface area contributed by atoms with E-state index in [0.717, 1.165) is 56.1 Å². The van der Waals surface area contributed by atoms with E-state index in [9.17, 15) is 15.0 Å². The van der Waals surface area contributed by atoms with Gasteiger partial charge in [0, 0.05) is 11.5 Å². The fraction of sp³-hybridized carbons (Fsp3) is 0.531. The van der Waals surface area contributed by atoms with Crippen molar-refractivity contribution in [3.05, 3.63) is 69.9 Å². The number of esters is 1. The SMILES string of the molecule is C=C(C)[C@@H]1CCC(C)=C[C@H]1c1c(O)cc(CCCCC)c(C(=O)OC/C=C(\C)CCC=C(C)C)c1O. The maximum Gasteiger partial charge on any atom is 0.342 e. The number of benzene rings is 1. The molecule has 1 aliphatic carbocycles. The van der Waals surface area contributed by atoms with Crippen LogP contribution in [0.25, 0.3) is 0 Å². The summed E-state index contributed by atoms with van der Waals surface area (Å²) < 4.78 is 5.63. The Balaban J connectivity index is 2.40. The first-order valence-electron chi connectivity index (χ1n) is 13.4. The van der Waals surface area contributed by atoms with Crippen LogP contribution in [0.1, 0.15) is 114 Å². The van der Waals surface area contributed by atoms with E-state index in [1.807, 2.05) is 19.9 Å². The highest BCUT2D eigenvalue weighted by Crippen LogP contribution is 2.48. The van der Waals surface area contributed by atoms with Gasteiger partial charge in [0.1, 0.15) is 23.7 Å². The van der Waals surface area contributed by atoms with Crippen molar-refractivity contribution in [1.82, 2.24) is 0 Å². The molecule has 0 spiro atoms. The van der Waals surface area contributed by atoms with Gasteiger partial charge < -0.3 is 14.9 Å². The molecule has 0 amide bonds. The van der Waals surface area contributed by atoms with Crippen molar-refractivity contribution in [2.45, 2.75) is 98.8 Å². The molecule has 1 aromatic carbocycles. The zero-order valence-electron chi connectivity index (χ0n) is 23.2. The molecule has 4 heteroatoms. The van der Waals surface area contributed by atoms with Gasteiger partial charge in [0.15, 0.2) is 0 Å². The predicted octanol–water partition coefficient (Wildman–Crippen LogP) is 8.70. The summed E-state index contributed by atoms with van der Waals surface area (Å²) >= 11 is 0. The van der Waals surface area contributed by atoms with Crippen molar-refractivity contribution in [3.63, 3.8) is 0 Å². The maximum atomic E-state index is 13.3. The van der Waals surface area contributed by atoms with Gasteiger partial charge in [-0.2, -0.15) is 0 Å². The van der Waals surface area contributed by atoms with Crippen molar-refractivity contribution >= 4 is 5.97 Å². The minimum atomic E-state index is -0.544. The lowest BCUT2D eigenvalue weighted by molar-refractivity contribution is 0.0544. The molecule has 1 aromatic rings. The molecule has 0 heterocycles. The number of phenolic OH excluding ortho intramolecular Hbond substituents is 2. The summed E-state index contributed by atoms with van der Waals surface area (Å²) in [7, 11) is 0. The third-order valence-corrected chi connectivity index (χ3v) is 7.10. The zero-order valence-corrected chi connectivity index (χ0v) is 23.2. The van der Waals surface area contributed by atoms with E-state index >= 15 is 0 Å². The van der Waals surface area contributed by atoms with E-state index in [-0.39, 0.29) is 35.5 Å². The lowest BCUT2D eigenvalue weighted by Crippen LogP contribution is -2.19. The number of rotatable bonds is 12. The second-order valence-corrected chi connectivity index (χ2v) is 10.6. The first-order chi connectivity index (χ1) is 17.1. The smallest absolute Gasteiger partial charge is 0.342 e. The Morgan fingerprint density at radius 1 is 1.17 bits per heavy atom. The van der Waals surface area contributed by atoms with E-state index in [1.54, 1.807) is 6.07 Å². The lowest BCUT2D eigenvalue weighted by atomic mass is 9.73. The molecule has 2 rings (SSSR count). The predicted molar refractivity (Wildman–Crippen MR) is 150 cm³/mol. The molecule has 2 atom stereocenters. The molecular formula is C32H46O4. The highest BCUT2D eigenvalue weighted by molar-refractivity contribution is 5.95. The number of ether oxygens (including phenoxy) is 1. The summed E-state index contributed by atoms with van der Waals surface area (Å²) in [5.41, 5.74) is 5.90. The number of allylic oxidation sites excluding steroid dienone is 6. The van der Waals surface area contributed by atoms with Crippen molar-refractivity contribution in [1.29, 1.82) is 0 Å². The number of aromatic hydroxyl groups is 2. The molecule has 36 heavy (non-hydrogen) atoms. The molecule has 2 N–H and O–H groups in total. The largest absolute Gasteiger partial charge is 0.507 e. The van der Waals surface area contributed by atoms with Crippen LogP contribution in [0.15, 0.2) is 53.2 Å². The second kappa shape index (κ2) is 14.1. The van der Waals surface area contributed by atoms with Gasteiger partial charge >= 0.3 is 5.97 Å². The van der Waals surface area contributed by atoms with Gasteiger partial charge in [0.25, 0.3) is 0 Å². The Labute approximate surface area is 218 Å². The summed E-state index contributed by atoms with van der Waals surface area (Å²) in [6.07, 6.45) is 13.5. The summed E-state index contributed by atoms with van der Waals surface area (Å²) in [5.74, 6) is -0.806. The van der Waals surface area contributed by atoms with Gasteiger partial charge in [0.2, 0.25) is 0 Å². The van der Waals surface area contributed by atoms with Gasteiger partial charge in [-0.25, -0.2) is 4.79 Å². The Hall–Kier alpha value is -2.75. The van der Waals surface area contributed by atoms with Gasteiger partial charge in [0.05, 0.1) is 0 Å². The minimum absolute atomic E-state index is 0.0350. The van der Waals surface area contributed by atoms with Crippen molar-refractivity contribution in [2.75, 3.05) is 6.61 Å². The van der Waals surface area contributed by atoms with Crippen molar-refractivity contribution < 1.29 is 19.7 Å². The van der Waals surface area contributed by atoms with Crippen molar-refractivity contribution in [3.8, 4) is 11.5 Å². The molecule has 198 valence electrons. The van der Waals surface area contributed by atoms with Gasteiger partial charge in [-0.3, -0.25) is 0 Å². The maximum absolute atomic E-state index is 13.3. The molecule has 4 nitrogen and oxygen atoms in total. The normalized spacial score (nSPS) is 17.9. The fourth-order valence-electron chi connectivity index (χ4n) is 4.97. The van der Waals surface area contributed by atoms with Gasteiger partial charge in [-0.1, -0.05) is 60.8 Å². The van der Waals surface area contributed by atoms with Crippen LogP contribution in [-0.4, -0.2) is 22.8 Å². The first kappa shape index (κ1) is 29.5. The zero-order chi connectivity index (χ0) is 26.8. The molecule has 0 fully saturated rings.